The summed E-state index contributed by atoms with van der Waals surface area (Å²) < 4.78 is 15.6. The highest BCUT2D eigenvalue weighted by Crippen LogP contribution is 2.22. The topological polar surface area (TPSA) is 74.6 Å². The molecule has 134 valence electrons. The summed E-state index contributed by atoms with van der Waals surface area (Å²) in [5.41, 5.74) is 1.23. The number of urea groups is 1. The fraction of sp³-hybridized carbons (Fsp3) is 0.278. The van der Waals surface area contributed by atoms with Crippen molar-refractivity contribution in [2.24, 2.45) is 0 Å². The molecule has 8 heteroatoms. The van der Waals surface area contributed by atoms with E-state index >= 15 is 0 Å². The molecule has 2 N–H and O–H groups in total. The Balaban J connectivity index is 1.38. The van der Waals surface area contributed by atoms with E-state index in [1.165, 1.54) is 6.07 Å². The first kappa shape index (κ1) is 16.3. The van der Waals surface area contributed by atoms with Gasteiger partial charge in [0.15, 0.2) is 5.65 Å². The maximum Gasteiger partial charge on any atom is 0.321 e. The fourth-order valence-corrected chi connectivity index (χ4v) is 3.23. The maximum absolute atomic E-state index is 14.0. The van der Waals surface area contributed by atoms with E-state index in [1.54, 1.807) is 22.8 Å². The molecule has 1 unspecified atom stereocenters. The van der Waals surface area contributed by atoms with Crippen LogP contribution in [0.5, 0.6) is 0 Å². The summed E-state index contributed by atoms with van der Waals surface area (Å²) in [5, 5.41) is 9.78. The Morgan fingerprint density at radius 2 is 2.04 bits per heavy atom. The van der Waals surface area contributed by atoms with Gasteiger partial charge in [-0.05, 0) is 37.1 Å². The van der Waals surface area contributed by atoms with Crippen LogP contribution in [0.2, 0.25) is 0 Å². The molecule has 26 heavy (non-hydrogen) atoms. The summed E-state index contributed by atoms with van der Waals surface area (Å²) in [7, 11) is 0. The second kappa shape index (κ2) is 6.99. The van der Waals surface area contributed by atoms with Crippen molar-refractivity contribution in [1.29, 1.82) is 0 Å². The molecule has 0 radical (unpaired) electrons. The lowest BCUT2D eigenvalue weighted by molar-refractivity contribution is 0.246. The van der Waals surface area contributed by atoms with Crippen molar-refractivity contribution in [3.63, 3.8) is 0 Å². The molecule has 1 aromatic carbocycles. The van der Waals surface area contributed by atoms with Crippen LogP contribution in [0, 0.1) is 5.82 Å². The van der Waals surface area contributed by atoms with E-state index in [0.717, 1.165) is 19.4 Å². The molecule has 1 aliphatic heterocycles. The molecule has 3 heterocycles. The zero-order valence-corrected chi connectivity index (χ0v) is 14.1. The van der Waals surface area contributed by atoms with Gasteiger partial charge in [-0.3, -0.25) is 5.32 Å². The van der Waals surface area contributed by atoms with Gasteiger partial charge in [-0.1, -0.05) is 18.2 Å². The van der Waals surface area contributed by atoms with Crippen LogP contribution in [0.4, 0.5) is 20.8 Å². The number of halogens is 1. The van der Waals surface area contributed by atoms with Gasteiger partial charge in [-0.2, -0.15) is 4.98 Å². The first-order valence-electron chi connectivity index (χ1n) is 8.57. The van der Waals surface area contributed by atoms with Gasteiger partial charge in [-0.15, -0.1) is 5.10 Å². The number of nitrogens with one attached hydrogen (secondary N) is 2. The third-order valence-corrected chi connectivity index (χ3v) is 4.42. The van der Waals surface area contributed by atoms with Gasteiger partial charge in [0.05, 0.1) is 5.69 Å². The average Bonchev–Trinajstić information content (AvgIpc) is 3.04. The predicted octanol–water partition coefficient (Wildman–Crippen LogP) is 2.66. The summed E-state index contributed by atoms with van der Waals surface area (Å²) in [5.74, 6) is 0.00183. The summed E-state index contributed by atoms with van der Waals surface area (Å²) in [6.45, 7) is 1.33. The molecule has 0 spiro atoms. The predicted molar refractivity (Wildman–Crippen MR) is 96.8 cm³/mol. The molecular formula is C18H19FN6O. The Labute approximate surface area is 149 Å². The Bertz CT molecular complexity index is 894. The van der Waals surface area contributed by atoms with Crippen molar-refractivity contribution < 1.29 is 9.18 Å². The highest BCUT2D eigenvalue weighted by Gasteiger charge is 2.23. The van der Waals surface area contributed by atoms with E-state index in [0.29, 0.717) is 17.9 Å². The van der Waals surface area contributed by atoms with Crippen molar-refractivity contribution in [2.75, 3.05) is 23.3 Å². The van der Waals surface area contributed by atoms with Crippen molar-refractivity contribution in [1.82, 2.24) is 19.9 Å². The second-order valence-electron chi connectivity index (χ2n) is 6.27. The van der Waals surface area contributed by atoms with Crippen molar-refractivity contribution in [3.05, 3.63) is 54.5 Å². The number of piperidine rings is 1. The minimum absolute atomic E-state index is 0.0691. The lowest BCUT2D eigenvalue weighted by Gasteiger charge is -2.34. The van der Waals surface area contributed by atoms with Crippen molar-refractivity contribution >= 4 is 23.3 Å². The Kier molecular flexibility index (Phi) is 4.39. The van der Waals surface area contributed by atoms with E-state index in [2.05, 4.69) is 20.7 Å². The van der Waals surface area contributed by atoms with Gasteiger partial charge in [0.1, 0.15) is 5.82 Å². The Hall–Kier alpha value is -3.16. The number of pyridine rings is 1. The van der Waals surface area contributed by atoms with E-state index in [-0.39, 0.29) is 23.8 Å². The number of hydrogen-bond donors (Lipinski definition) is 2. The van der Waals surface area contributed by atoms with E-state index in [1.807, 2.05) is 29.2 Å². The van der Waals surface area contributed by atoms with Crippen LogP contribution in [-0.4, -0.2) is 39.8 Å². The lowest BCUT2D eigenvalue weighted by Crippen LogP contribution is -2.49. The Morgan fingerprint density at radius 1 is 1.19 bits per heavy atom. The summed E-state index contributed by atoms with van der Waals surface area (Å²) in [6, 6.07) is 11.8. The number of carbonyl (C=O) groups is 1. The highest BCUT2D eigenvalue weighted by molar-refractivity contribution is 5.87. The zero-order chi connectivity index (χ0) is 17.9. The number of nitrogens with zero attached hydrogens (tertiary/aromatic N) is 4. The number of benzene rings is 1. The quantitative estimate of drug-likeness (QED) is 0.758. The monoisotopic (exact) mass is 354 g/mol. The van der Waals surface area contributed by atoms with Crippen LogP contribution < -0.4 is 15.5 Å². The van der Waals surface area contributed by atoms with Gasteiger partial charge in [-0.25, -0.2) is 13.7 Å². The number of para-hydroxylation sites is 1. The minimum atomic E-state index is -0.360. The molecule has 4 rings (SSSR count). The van der Waals surface area contributed by atoms with Gasteiger partial charge >= 0.3 is 6.03 Å². The molecular weight excluding hydrogens is 335 g/mol. The zero-order valence-electron chi connectivity index (χ0n) is 14.1. The van der Waals surface area contributed by atoms with Gasteiger partial charge in [0, 0.05) is 25.3 Å². The number of anilines is 2. The molecule has 2 amide bonds. The summed E-state index contributed by atoms with van der Waals surface area (Å²) in [6.07, 6.45) is 3.49. The third-order valence-electron chi connectivity index (χ3n) is 4.42. The van der Waals surface area contributed by atoms with Gasteiger partial charge in [0.2, 0.25) is 0 Å². The third kappa shape index (κ3) is 3.44. The molecule has 2 aromatic heterocycles. The molecule has 1 atom stereocenters. The second-order valence-corrected chi connectivity index (χ2v) is 6.27. The van der Waals surface area contributed by atoms with Gasteiger partial charge in [0.25, 0.3) is 5.95 Å². The number of hydrogen-bond acceptors (Lipinski definition) is 4. The van der Waals surface area contributed by atoms with Crippen LogP contribution in [-0.2, 0) is 0 Å². The van der Waals surface area contributed by atoms with E-state index in [9.17, 15) is 9.18 Å². The minimum Gasteiger partial charge on any atom is -0.367 e. The molecule has 0 saturated carbocycles. The Morgan fingerprint density at radius 3 is 2.88 bits per heavy atom. The molecule has 7 nitrogen and oxygen atoms in total. The van der Waals surface area contributed by atoms with E-state index in [4.69, 9.17) is 0 Å². The van der Waals surface area contributed by atoms with Crippen LogP contribution in [0.25, 0.3) is 5.65 Å². The van der Waals surface area contributed by atoms with Crippen LogP contribution in [0.1, 0.15) is 12.8 Å². The first-order chi connectivity index (χ1) is 12.7. The number of carbonyl (C=O) groups excluding carboxylic acids is 1. The van der Waals surface area contributed by atoms with Gasteiger partial charge < -0.3 is 10.2 Å². The smallest absolute Gasteiger partial charge is 0.321 e. The first-order valence-corrected chi connectivity index (χ1v) is 8.57. The SMILES string of the molecule is O=C(Nc1nc2ccccn2n1)NC1CCCN(c2ccccc2F)C1. The summed E-state index contributed by atoms with van der Waals surface area (Å²) >= 11 is 0. The number of rotatable bonds is 3. The molecule has 0 bridgehead atoms. The number of amides is 2. The largest absolute Gasteiger partial charge is 0.367 e. The average molecular weight is 354 g/mol. The normalized spacial score (nSPS) is 17.3. The van der Waals surface area contributed by atoms with Crippen LogP contribution in [0.3, 0.4) is 0 Å². The molecule has 1 fully saturated rings. The number of aromatic nitrogens is 3. The highest BCUT2D eigenvalue weighted by atomic mass is 19.1. The standard InChI is InChI=1S/C18H19FN6O/c19-14-7-1-2-8-15(14)24-10-5-6-13(12-24)20-18(26)22-17-21-16-9-3-4-11-25(16)23-17/h1-4,7-9,11,13H,5-6,10,12H2,(H2,20,22,23,26). The molecule has 3 aromatic rings. The van der Waals surface area contributed by atoms with Crippen LogP contribution >= 0.6 is 0 Å². The van der Waals surface area contributed by atoms with Crippen molar-refractivity contribution in [2.45, 2.75) is 18.9 Å². The molecule has 1 saturated heterocycles. The maximum atomic E-state index is 14.0. The molecule has 1 aliphatic rings. The molecule has 0 aliphatic carbocycles. The summed E-state index contributed by atoms with van der Waals surface area (Å²) in [4.78, 5) is 18.5. The lowest BCUT2D eigenvalue weighted by atomic mass is 10.0. The van der Waals surface area contributed by atoms with E-state index < -0.39 is 0 Å². The van der Waals surface area contributed by atoms with Crippen LogP contribution in [0.15, 0.2) is 48.7 Å². The van der Waals surface area contributed by atoms with Crippen molar-refractivity contribution in [3.8, 4) is 0 Å². The fourth-order valence-electron chi connectivity index (χ4n) is 3.23. The number of fused-ring (bicyclic) bond motifs is 1.